The molecule has 3 rings (SSSR count). The van der Waals surface area contributed by atoms with E-state index in [4.69, 9.17) is 0 Å². The normalized spacial score (nSPS) is 10.8. The van der Waals surface area contributed by atoms with Crippen LogP contribution in [0.3, 0.4) is 0 Å². The second kappa shape index (κ2) is 8.47. The van der Waals surface area contributed by atoms with Crippen molar-refractivity contribution < 1.29 is 9.18 Å². The number of benzene rings is 1. The quantitative estimate of drug-likeness (QED) is 0.681. The lowest BCUT2D eigenvalue weighted by molar-refractivity contribution is 0.240. The van der Waals surface area contributed by atoms with E-state index in [0.29, 0.717) is 13.1 Å². The van der Waals surface area contributed by atoms with Gasteiger partial charge in [-0.15, -0.1) is 0 Å². The van der Waals surface area contributed by atoms with Crippen LogP contribution in [0.4, 0.5) is 9.18 Å². The van der Waals surface area contributed by atoms with E-state index in [0.717, 1.165) is 36.0 Å². The van der Waals surface area contributed by atoms with Gasteiger partial charge in [-0.1, -0.05) is 19.1 Å². The van der Waals surface area contributed by atoms with Crippen molar-refractivity contribution in [3.8, 4) is 0 Å². The molecular formula is C20H23FN4O. The summed E-state index contributed by atoms with van der Waals surface area (Å²) in [4.78, 5) is 16.4. The van der Waals surface area contributed by atoms with E-state index in [1.165, 1.54) is 17.7 Å². The fraction of sp³-hybridized carbons (Fsp3) is 0.300. The molecule has 0 aliphatic carbocycles. The number of carbonyl (C=O) groups is 1. The van der Waals surface area contributed by atoms with E-state index in [1.54, 1.807) is 18.3 Å². The number of rotatable bonds is 7. The summed E-state index contributed by atoms with van der Waals surface area (Å²) >= 11 is 0. The van der Waals surface area contributed by atoms with E-state index >= 15 is 0 Å². The molecule has 0 fully saturated rings. The molecule has 0 aliphatic rings. The van der Waals surface area contributed by atoms with Crippen LogP contribution in [0.25, 0.3) is 11.0 Å². The maximum atomic E-state index is 13.1. The number of urea groups is 1. The van der Waals surface area contributed by atoms with E-state index in [-0.39, 0.29) is 11.8 Å². The van der Waals surface area contributed by atoms with Crippen LogP contribution in [0, 0.1) is 5.82 Å². The van der Waals surface area contributed by atoms with Crippen LogP contribution in [0.5, 0.6) is 0 Å². The summed E-state index contributed by atoms with van der Waals surface area (Å²) in [5, 5.41) is 6.72. The minimum absolute atomic E-state index is 0.260. The zero-order chi connectivity index (χ0) is 18.4. The first-order valence-electron chi connectivity index (χ1n) is 8.86. The standard InChI is InChI=1S/C20H23FN4O/c1-2-11-25-14-16(18-7-4-9-22-19(18)25)8-10-23-20(26)24-13-15-5-3-6-17(21)12-15/h3-7,9,12,14H,2,8,10-11,13H2,1H3,(H2,23,24,26). The summed E-state index contributed by atoms with van der Waals surface area (Å²) in [6, 6.07) is 9.94. The van der Waals surface area contributed by atoms with Crippen molar-refractivity contribution in [1.29, 1.82) is 0 Å². The van der Waals surface area contributed by atoms with Crippen LogP contribution in [0.2, 0.25) is 0 Å². The molecule has 1 aromatic carbocycles. The van der Waals surface area contributed by atoms with Crippen LogP contribution < -0.4 is 10.6 Å². The van der Waals surface area contributed by atoms with E-state index in [9.17, 15) is 9.18 Å². The maximum absolute atomic E-state index is 13.1. The first-order valence-corrected chi connectivity index (χ1v) is 8.86. The zero-order valence-electron chi connectivity index (χ0n) is 14.8. The number of amides is 2. The topological polar surface area (TPSA) is 59.0 Å². The van der Waals surface area contributed by atoms with Crippen LogP contribution in [-0.2, 0) is 19.5 Å². The Labute approximate surface area is 152 Å². The third-order valence-corrected chi connectivity index (χ3v) is 4.20. The van der Waals surface area contributed by atoms with Gasteiger partial charge in [0.1, 0.15) is 11.5 Å². The van der Waals surface area contributed by atoms with Crippen molar-refractivity contribution >= 4 is 17.1 Å². The Morgan fingerprint density at radius 2 is 2.12 bits per heavy atom. The summed E-state index contributed by atoms with van der Waals surface area (Å²) < 4.78 is 15.3. The molecule has 136 valence electrons. The van der Waals surface area contributed by atoms with Crippen molar-refractivity contribution in [2.75, 3.05) is 6.54 Å². The summed E-state index contributed by atoms with van der Waals surface area (Å²) in [5.74, 6) is -0.304. The molecule has 0 aliphatic heterocycles. The number of nitrogens with one attached hydrogen (secondary N) is 2. The van der Waals surface area contributed by atoms with E-state index in [1.807, 2.05) is 6.07 Å². The molecule has 0 bridgehead atoms. The van der Waals surface area contributed by atoms with Gasteiger partial charge in [-0.2, -0.15) is 0 Å². The van der Waals surface area contributed by atoms with Crippen LogP contribution in [-0.4, -0.2) is 22.1 Å². The monoisotopic (exact) mass is 354 g/mol. The summed E-state index contributed by atoms with van der Waals surface area (Å²) in [6.45, 7) is 3.88. The molecule has 6 heteroatoms. The smallest absolute Gasteiger partial charge is 0.315 e. The molecule has 26 heavy (non-hydrogen) atoms. The largest absolute Gasteiger partial charge is 0.338 e. The predicted octanol–water partition coefficient (Wildman–Crippen LogP) is 3.63. The van der Waals surface area contributed by atoms with Gasteiger partial charge in [0.15, 0.2) is 0 Å². The van der Waals surface area contributed by atoms with Gasteiger partial charge in [0.05, 0.1) is 0 Å². The Hall–Kier alpha value is -2.89. The Morgan fingerprint density at radius 1 is 1.23 bits per heavy atom. The molecule has 5 nitrogen and oxygen atoms in total. The number of pyridine rings is 1. The minimum Gasteiger partial charge on any atom is -0.338 e. The average Bonchev–Trinajstić information content (AvgIpc) is 2.99. The lowest BCUT2D eigenvalue weighted by Gasteiger charge is -2.07. The number of nitrogens with zero attached hydrogens (tertiary/aromatic N) is 2. The Bertz CT molecular complexity index is 890. The number of hydrogen-bond donors (Lipinski definition) is 2. The third-order valence-electron chi connectivity index (χ3n) is 4.20. The van der Waals surface area contributed by atoms with Crippen molar-refractivity contribution in [3.63, 3.8) is 0 Å². The molecule has 0 atom stereocenters. The van der Waals surface area contributed by atoms with Crippen molar-refractivity contribution in [2.45, 2.75) is 32.9 Å². The van der Waals surface area contributed by atoms with Crippen molar-refractivity contribution in [3.05, 3.63) is 65.7 Å². The highest BCUT2D eigenvalue weighted by Gasteiger charge is 2.09. The maximum Gasteiger partial charge on any atom is 0.315 e. The van der Waals surface area contributed by atoms with Gasteiger partial charge in [0.25, 0.3) is 0 Å². The first kappa shape index (κ1) is 17.9. The Morgan fingerprint density at radius 3 is 2.92 bits per heavy atom. The van der Waals surface area contributed by atoms with Crippen molar-refractivity contribution in [1.82, 2.24) is 20.2 Å². The number of fused-ring (bicyclic) bond motifs is 1. The molecule has 2 N–H and O–H groups in total. The number of halogens is 1. The molecule has 0 radical (unpaired) electrons. The fourth-order valence-corrected chi connectivity index (χ4v) is 3.01. The number of hydrogen-bond acceptors (Lipinski definition) is 2. The van der Waals surface area contributed by atoms with Gasteiger partial charge >= 0.3 is 6.03 Å². The summed E-state index contributed by atoms with van der Waals surface area (Å²) in [6.07, 6.45) is 5.69. The van der Waals surface area contributed by atoms with Gasteiger partial charge in [0.2, 0.25) is 0 Å². The minimum atomic E-state index is -0.304. The van der Waals surface area contributed by atoms with Gasteiger partial charge in [-0.3, -0.25) is 0 Å². The van der Waals surface area contributed by atoms with Gasteiger partial charge < -0.3 is 15.2 Å². The number of aromatic nitrogens is 2. The highest BCUT2D eigenvalue weighted by Crippen LogP contribution is 2.20. The molecule has 3 aromatic rings. The Kier molecular flexibility index (Phi) is 5.84. The molecule has 2 amide bonds. The fourth-order valence-electron chi connectivity index (χ4n) is 3.01. The van der Waals surface area contributed by atoms with Gasteiger partial charge in [0, 0.05) is 37.4 Å². The summed E-state index contributed by atoms with van der Waals surface area (Å²) in [5.41, 5.74) is 2.89. The van der Waals surface area contributed by atoms with Gasteiger partial charge in [-0.05, 0) is 48.2 Å². The van der Waals surface area contributed by atoms with Crippen LogP contribution in [0.1, 0.15) is 24.5 Å². The lowest BCUT2D eigenvalue weighted by Crippen LogP contribution is -2.36. The van der Waals surface area contributed by atoms with Crippen LogP contribution >= 0.6 is 0 Å². The van der Waals surface area contributed by atoms with E-state index < -0.39 is 0 Å². The average molecular weight is 354 g/mol. The zero-order valence-corrected chi connectivity index (χ0v) is 14.8. The predicted molar refractivity (Wildman–Crippen MR) is 100 cm³/mol. The molecule has 0 saturated carbocycles. The molecule has 0 unspecified atom stereocenters. The van der Waals surface area contributed by atoms with Gasteiger partial charge in [-0.25, -0.2) is 14.2 Å². The highest BCUT2D eigenvalue weighted by molar-refractivity contribution is 5.80. The molecule has 2 aromatic heterocycles. The van der Waals surface area contributed by atoms with Crippen molar-refractivity contribution in [2.24, 2.45) is 0 Å². The van der Waals surface area contributed by atoms with E-state index in [2.05, 4.69) is 39.4 Å². The molecule has 0 saturated heterocycles. The first-order chi connectivity index (χ1) is 12.7. The van der Waals surface area contributed by atoms with Crippen LogP contribution in [0.15, 0.2) is 48.8 Å². The molecule has 0 spiro atoms. The second-order valence-electron chi connectivity index (χ2n) is 6.21. The highest BCUT2D eigenvalue weighted by atomic mass is 19.1. The number of aryl methyl sites for hydroxylation is 1. The third kappa shape index (κ3) is 4.39. The SMILES string of the molecule is CCCn1cc(CCNC(=O)NCc2cccc(F)c2)c2cccnc21. The second-order valence-corrected chi connectivity index (χ2v) is 6.21. The molecule has 2 heterocycles. The summed E-state index contributed by atoms with van der Waals surface area (Å²) in [7, 11) is 0. The number of carbonyl (C=O) groups excluding carboxylic acids is 1. The lowest BCUT2D eigenvalue weighted by atomic mass is 10.1. The molecular weight excluding hydrogens is 331 g/mol. The Balaban J connectivity index is 1.53.